The zero-order chi connectivity index (χ0) is 24.7. The van der Waals surface area contributed by atoms with Crippen molar-refractivity contribution < 1.29 is 9.53 Å². The topological polar surface area (TPSA) is 69.7 Å². The van der Waals surface area contributed by atoms with Crippen molar-refractivity contribution in [3.8, 4) is 5.88 Å². The molecular formula is C29H39N5O2. The lowest BCUT2D eigenvalue weighted by Crippen LogP contribution is -2.47. The summed E-state index contributed by atoms with van der Waals surface area (Å²) in [7, 11) is 0. The van der Waals surface area contributed by atoms with E-state index in [-0.39, 0.29) is 17.6 Å². The molecule has 0 radical (unpaired) electrons. The molecule has 1 aliphatic carbocycles. The van der Waals surface area contributed by atoms with E-state index >= 15 is 0 Å². The Bertz CT molecular complexity index is 1060. The second-order valence-corrected chi connectivity index (χ2v) is 11.6. The van der Waals surface area contributed by atoms with Gasteiger partial charge in [-0.25, -0.2) is 10.4 Å². The fourth-order valence-electron chi connectivity index (χ4n) is 7.04. The number of carbonyl (C=O) groups is 1. The zero-order valence-electron chi connectivity index (χ0n) is 21.5. The standard InChI is InChI=1S/C29H39N5O2/c1-20(2)36-26-11-8-22(17-30-26)27-24-16-23(9-10-25(24)31-32-27)34-15-13-29(28(34)35)12-14-33(19-29)18-21-6-4-3-5-7-21/h3-8,11,17,20,23-25,27,31-32H,9-10,12-16,18-19H2,1-2H3. The van der Waals surface area contributed by atoms with Gasteiger partial charge in [0.05, 0.1) is 17.6 Å². The van der Waals surface area contributed by atoms with Crippen LogP contribution in [0.1, 0.15) is 63.1 Å². The lowest BCUT2D eigenvalue weighted by atomic mass is 9.77. The Hall–Kier alpha value is -2.48. The van der Waals surface area contributed by atoms with Crippen LogP contribution in [0.5, 0.6) is 5.88 Å². The van der Waals surface area contributed by atoms with E-state index in [0.29, 0.717) is 29.8 Å². The molecule has 4 fully saturated rings. The van der Waals surface area contributed by atoms with Crippen molar-refractivity contribution in [1.82, 2.24) is 25.6 Å². The van der Waals surface area contributed by atoms with Crippen LogP contribution in [0, 0.1) is 11.3 Å². The molecule has 5 unspecified atom stereocenters. The highest BCUT2D eigenvalue weighted by atomic mass is 16.5. The van der Waals surface area contributed by atoms with Crippen LogP contribution in [0.2, 0.25) is 0 Å². The van der Waals surface area contributed by atoms with Crippen molar-refractivity contribution in [3.05, 3.63) is 59.8 Å². The maximum atomic E-state index is 13.8. The first-order chi connectivity index (χ1) is 17.5. The molecule has 1 spiro atoms. The van der Waals surface area contributed by atoms with E-state index < -0.39 is 0 Å². The Morgan fingerprint density at radius 2 is 1.92 bits per heavy atom. The smallest absolute Gasteiger partial charge is 0.230 e. The van der Waals surface area contributed by atoms with E-state index in [1.54, 1.807) is 0 Å². The number of aromatic nitrogens is 1. The monoisotopic (exact) mass is 489 g/mol. The Labute approximate surface area is 214 Å². The molecule has 6 rings (SSSR count). The highest BCUT2D eigenvalue weighted by Crippen LogP contribution is 2.45. The molecule has 1 saturated carbocycles. The third-order valence-corrected chi connectivity index (χ3v) is 8.87. The quantitative estimate of drug-likeness (QED) is 0.645. The Morgan fingerprint density at radius 3 is 2.69 bits per heavy atom. The predicted molar refractivity (Wildman–Crippen MR) is 139 cm³/mol. The Kier molecular flexibility index (Phi) is 6.48. The van der Waals surface area contributed by atoms with Gasteiger partial charge in [0.25, 0.3) is 0 Å². The average molecular weight is 490 g/mol. The van der Waals surface area contributed by atoms with Crippen molar-refractivity contribution in [1.29, 1.82) is 0 Å². The van der Waals surface area contributed by atoms with Crippen molar-refractivity contribution in [3.63, 3.8) is 0 Å². The summed E-state index contributed by atoms with van der Waals surface area (Å²) in [6.07, 6.45) is 7.27. The molecule has 1 aromatic carbocycles. The third-order valence-electron chi connectivity index (χ3n) is 8.87. The molecule has 192 valence electrons. The molecule has 1 amide bonds. The third kappa shape index (κ3) is 4.53. The van der Waals surface area contributed by atoms with Crippen molar-refractivity contribution in [2.45, 2.75) is 76.7 Å². The summed E-state index contributed by atoms with van der Waals surface area (Å²) in [5.41, 5.74) is 9.41. The van der Waals surface area contributed by atoms with Gasteiger partial charge in [0.1, 0.15) is 0 Å². The van der Waals surface area contributed by atoms with E-state index in [4.69, 9.17) is 4.74 Å². The van der Waals surface area contributed by atoms with Crippen LogP contribution in [0.25, 0.3) is 0 Å². The number of hydrogen-bond acceptors (Lipinski definition) is 6. The van der Waals surface area contributed by atoms with Gasteiger partial charge in [-0.2, -0.15) is 0 Å². The lowest BCUT2D eigenvalue weighted by Gasteiger charge is -2.38. The summed E-state index contributed by atoms with van der Waals surface area (Å²) in [4.78, 5) is 23.1. The van der Waals surface area contributed by atoms with Gasteiger partial charge in [0.15, 0.2) is 0 Å². The minimum atomic E-state index is -0.173. The number of amides is 1. The lowest BCUT2D eigenvalue weighted by molar-refractivity contribution is -0.138. The van der Waals surface area contributed by atoms with Crippen LogP contribution in [0.3, 0.4) is 0 Å². The van der Waals surface area contributed by atoms with Crippen LogP contribution in [0.15, 0.2) is 48.7 Å². The molecule has 0 bridgehead atoms. The molecule has 2 N–H and O–H groups in total. The van der Waals surface area contributed by atoms with Crippen molar-refractivity contribution >= 4 is 5.91 Å². The van der Waals surface area contributed by atoms with E-state index in [0.717, 1.165) is 58.3 Å². The van der Waals surface area contributed by atoms with E-state index in [1.807, 2.05) is 26.1 Å². The second kappa shape index (κ2) is 9.77. The van der Waals surface area contributed by atoms with Crippen LogP contribution >= 0.6 is 0 Å². The van der Waals surface area contributed by atoms with E-state index in [1.165, 1.54) is 11.1 Å². The van der Waals surface area contributed by atoms with E-state index in [2.05, 4.69) is 62.0 Å². The molecule has 7 nitrogen and oxygen atoms in total. The molecule has 36 heavy (non-hydrogen) atoms. The van der Waals surface area contributed by atoms with Gasteiger partial charge >= 0.3 is 0 Å². The maximum Gasteiger partial charge on any atom is 0.230 e. The number of pyridine rings is 1. The first-order valence-electron chi connectivity index (χ1n) is 13.7. The highest BCUT2D eigenvalue weighted by Gasteiger charge is 2.53. The second-order valence-electron chi connectivity index (χ2n) is 11.6. The number of nitrogens with one attached hydrogen (secondary N) is 2. The van der Waals surface area contributed by atoms with E-state index in [9.17, 15) is 4.79 Å². The zero-order valence-corrected chi connectivity index (χ0v) is 21.5. The van der Waals surface area contributed by atoms with Crippen LogP contribution in [-0.4, -0.2) is 58.5 Å². The van der Waals surface area contributed by atoms with Gasteiger partial charge in [-0.3, -0.25) is 15.1 Å². The van der Waals surface area contributed by atoms with Crippen molar-refractivity contribution in [2.75, 3.05) is 19.6 Å². The first-order valence-corrected chi connectivity index (χ1v) is 13.7. The molecular weight excluding hydrogens is 450 g/mol. The molecule has 4 heterocycles. The van der Waals surface area contributed by atoms with Gasteiger partial charge in [-0.05, 0) is 69.5 Å². The van der Waals surface area contributed by atoms with Gasteiger partial charge in [0, 0.05) is 44.0 Å². The van der Waals surface area contributed by atoms with Gasteiger partial charge in [-0.15, -0.1) is 0 Å². The highest BCUT2D eigenvalue weighted by molar-refractivity contribution is 5.85. The number of hydrogen-bond donors (Lipinski definition) is 2. The number of fused-ring (bicyclic) bond motifs is 1. The summed E-state index contributed by atoms with van der Waals surface area (Å²) in [5.74, 6) is 1.53. The summed E-state index contributed by atoms with van der Waals surface area (Å²) in [6.45, 7) is 7.80. The minimum absolute atomic E-state index is 0.115. The molecule has 3 aliphatic heterocycles. The SMILES string of the molecule is CC(C)Oc1ccc(C2NNC3CCC(N4CCC5(CCN(Cc6ccccc6)C5)C4=O)CC32)cn1. The van der Waals surface area contributed by atoms with Crippen LogP contribution in [-0.2, 0) is 11.3 Å². The maximum absolute atomic E-state index is 13.8. The summed E-state index contributed by atoms with van der Waals surface area (Å²) >= 11 is 0. The molecule has 2 aromatic rings. The Morgan fingerprint density at radius 1 is 1.08 bits per heavy atom. The Balaban J connectivity index is 1.10. The fourth-order valence-corrected chi connectivity index (χ4v) is 7.04. The van der Waals surface area contributed by atoms with Gasteiger partial charge in [0.2, 0.25) is 11.8 Å². The summed E-state index contributed by atoms with van der Waals surface area (Å²) in [6, 6.07) is 15.7. The molecule has 7 heteroatoms. The average Bonchev–Trinajstić information content (AvgIpc) is 3.58. The van der Waals surface area contributed by atoms with Gasteiger partial charge < -0.3 is 9.64 Å². The number of rotatable bonds is 6. The normalized spacial score (nSPS) is 32.5. The largest absolute Gasteiger partial charge is 0.475 e. The minimum Gasteiger partial charge on any atom is -0.475 e. The number of ether oxygens (including phenoxy) is 1. The first kappa shape index (κ1) is 23.9. The number of nitrogens with zero attached hydrogens (tertiary/aromatic N) is 3. The molecule has 1 aromatic heterocycles. The van der Waals surface area contributed by atoms with Crippen LogP contribution < -0.4 is 15.6 Å². The number of carbonyl (C=O) groups excluding carboxylic acids is 1. The number of likely N-dealkylation sites (tertiary alicyclic amines) is 2. The molecule has 4 aliphatic rings. The summed E-state index contributed by atoms with van der Waals surface area (Å²) < 4.78 is 5.73. The molecule has 3 saturated heterocycles. The van der Waals surface area contributed by atoms with Gasteiger partial charge in [-0.1, -0.05) is 36.4 Å². The number of hydrazine groups is 1. The predicted octanol–water partition coefficient (Wildman–Crippen LogP) is 3.68. The number of benzene rings is 1. The summed E-state index contributed by atoms with van der Waals surface area (Å²) in [5, 5.41) is 0. The van der Waals surface area contributed by atoms with Crippen LogP contribution in [0.4, 0.5) is 0 Å². The fraction of sp³-hybridized carbons (Fsp3) is 0.586. The molecule has 5 atom stereocenters. The van der Waals surface area contributed by atoms with Crippen molar-refractivity contribution in [2.24, 2.45) is 11.3 Å².